The molecule has 0 aliphatic heterocycles. The topological polar surface area (TPSA) is 98.6 Å². The van der Waals surface area contributed by atoms with Crippen LogP contribution in [0.25, 0.3) is 0 Å². The summed E-state index contributed by atoms with van der Waals surface area (Å²) in [4.78, 5) is 23.0. The van der Waals surface area contributed by atoms with Gasteiger partial charge >= 0.3 is 11.7 Å². The molecule has 0 bridgehead atoms. The SMILES string of the molecule is CCn1c(Sc2nc(Cl)nc(OC)n2)n[nH]c1=O. The predicted octanol–water partition coefficient (Wildman–Crippen LogP) is 0.589. The lowest BCUT2D eigenvalue weighted by atomic mass is 10.7. The molecule has 2 aromatic rings. The minimum atomic E-state index is -0.285. The number of ether oxygens (including phenoxy) is 1. The van der Waals surface area contributed by atoms with Crippen molar-refractivity contribution in [3.05, 3.63) is 15.8 Å². The van der Waals surface area contributed by atoms with E-state index >= 15 is 0 Å². The van der Waals surface area contributed by atoms with Crippen molar-refractivity contribution in [1.82, 2.24) is 29.7 Å². The normalized spacial score (nSPS) is 10.6. The molecular weight excluding hydrogens is 280 g/mol. The fourth-order valence-electron chi connectivity index (χ4n) is 1.19. The van der Waals surface area contributed by atoms with Gasteiger partial charge in [-0.25, -0.2) is 9.89 Å². The van der Waals surface area contributed by atoms with E-state index in [4.69, 9.17) is 16.3 Å². The highest BCUT2D eigenvalue weighted by atomic mass is 35.5. The molecule has 96 valence electrons. The van der Waals surface area contributed by atoms with E-state index in [0.717, 1.165) is 11.8 Å². The molecular formula is C8H9ClN6O2S. The zero-order valence-electron chi connectivity index (χ0n) is 9.55. The van der Waals surface area contributed by atoms with Crippen LogP contribution in [0.2, 0.25) is 5.28 Å². The van der Waals surface area contributed by atoms with Gasteiger partial charge in [0.15, 0.2) is 5.16 Å². The largest absolute Gasteiger partial charge is 0.467 e. The molecule has 0 fully saturated rings. The van der Waals surface area contributed by atoms with Crippen LogP contribution in [0.1, 0.15) is 6.92 Å². The maximum Gasteiger partial charge on any atom is 0.343 e. The van der Waals surface area contributed by atoms with E-state index in [1.807, 2.05) is 6.92 Å². The summed E-state index contributed by atoms with van der Waals surface area (Å²) in [5, 5.41) is 7.00. The first kappa shape index (κ1) is 12.8. The van der Waals surface area contributed by atoms with Gasteiger partial charge in [-0.15, -0.1) is 5.10 Å². The fraction of sp³-hybridized carbons (Fsp3) is 0.375. The van der Waals surface area contributed by atoms with Gasteiger partial charge in [0.2, 0.25) is 10.4 Å². The van der Waals surface area contributed by atoms with Crippen molar-refractivity contribution in [2.75, 3.05) is 7.11 Å². The van der Waals surface area contributed by atoms with Gasteiger partial charge in [0.1, 0.15) is 0 Å². The number of methoxy groups -OCH3 is 1. The van der Waals surface area contributed by atoms with Crippen molar-refractivity contribution in [3.8, 4) is 6.01 Å². The summed E-state index contributed by atoms with van der Waals surface area (Å²) >= 11 is 6.82. The van der Waals surface area contributed by atoms with Gasteiger partial charge in [-0.05, 0) is 30.3 Å². The standard InChI is InChI=1S/C8H9ClN6O2S/c1-3-15-7(16)13-14-8(15)18-6-11-4(9)10-5(12-6)17-2/h3H2,1-2H3,(H,13,16). The first-order valence-electron chi connectivity index (χ1n) is 4.92. The van der Waals surface area contributed by atoms with Gasteiger partial charge in [0, 0.05) is 6.54 Å². The molecule has 0 amide bonds. The van der Waals surface area contributed by atoms with E-state index in [1.54, 1.807) is 0 Å². The summed E-state index contributed by atoms with van der Waals surface area (Å²) < 4.78 is 6.33. The monoisotopic (exact) mass is 288 g/mol. The smallest absolute Gasteiger partial charge is 0.343 e. The molecule has 0 aromatic carbocycles. The second-order valence-electron chi connectivity index (χ2n) is 3.03. The van der Waals surface area contributed by atoms with E-state index in [9.17, 15) is 4.79 Å². The Morgan fingerprint density at radius 1 is 1.44 bits per heavy atom. The Hall–Kier alpha value is -1.61. The zero-order valence-corrected chi connectivity index (χ0v) is 11.1. The number of nitrogens with zero attached hydrogens (tertiary/aromatic N) is 5. The number of aromatic amines is 1. The average molecular weight is 289 g/mol. The predicted molar refractivity (Wildman–Crippen MR) is 64.0 cm³/mol. The highest BCUT2D eigenvalue weighted by Gasteiger charge is 2.12. The number of H-pyrrole nitrogens is 1. The minimum Gasteiger partial charge on any atom is -0.467 e. The maximum atomic E-state index is 11.4. The van der Waals surface area contributed by atoms with Crippen LogP contribution < -0.4 is 10.4 Å². The number of nitrogens with one attached hydrogen (secondary N) is 1. The summed E-state index contributed by atoms with van der Waals surface area (Å²) in [6.07, 6.45) is 0. The van der Waals surface area contributed by atoms with Crippen molar-refractivity contribution in [2.24, 2.45) is 0 Å². The minimum absolute atomic E-state index is 0.0188. The number of aromatic nitrogens is 6. The second-order valence-corrected chi connectivity index (χ2v) is 4.30. The molecule has 1 N–H and O–H groups in total. The number of halogens is 1. The van der Waals surface area contributed by atoms with E-state index in [-0.39, 0.29) is 17.0 Å². The number of hydrogen-bond donors (Lipinski definition) is 1. The van der Waals surface area contributed by atoms with E-state index in [0.29, 0.717) is 16.9 Å². The Morgan fingerprint density at radius 3 is 2.89 bits per heavy atom. The lowest BCUT2D eigenvalue weighted by molar-refractivity contribution is 0.373. The fourth-order valence-corrected chi connectivity index (χ4v) is 2.23. The van der Waals surface area contributed by atoms with Gasteiger partial charge in [0.05, 0.1) is 7.11 Å². The van der Waals surface area contributed by atoms with Crippen LogP contribution in [0.3, 0.4) is 0 Å². The van der Waals surface area contributed by atoms with E-state index in [2.05, 4.69) is 25.1 Å². The van der Waals surface area contributed by atoms with Gasteiger partial charge in [-0.2, -0.15) is 15.0 Å². The zero-order chi connectivity index (χ0) is 13.1. The van der Waals surface area contributed by atoms with Crippen molar-refractivity contribution in [1.29, 1.82) is 0 Å². The number of hydrogen-bond acceptors (Lipinski definition) is 7. The van der Waals surface area contributed by atoms with Gasteiger partial charge < -0.3 is 4.74 Å². The molecule has 2 aromatic heterocycles. The quantitative estimate of drug-likeness (QED) is 0.879. The summed E-state index contributed by atoms with van der Waals surface area (Å²) in [6.45, 7) is 2.33. The Labute approximate surface area is 111 Å². The van der Waals surface area contributed by atoms with Crippen molar-refractivity contribution in [3.63, 3.8) is 0 Å². The molecule has 0 unspecified atom stereocenters. The molecule has 0 saturated heterocycles. The molecule has 0 saturated carbocycles. The first-order chi connectivity index (χ1) is 8.63. The maximum absolute atomic E-state index is 11.4. The molecule has 2 rings (SSSR count). The third kappa shape index (κ3) is 2.62. The summed E-state index contributed by atoms with van der Waals surface area (Å²) in [5.41, 5.74) is -0.285. The molecule has 10 heteroatoms. The molecule has 0 aliphatic rings. The Morgan fingerprint density at radius 2 is 2.22 bits per heavy atom. The molecule has 2 heterocycles. The molecule has 0 spiro atoms. The molecule has 8 nitrogen and oxygen atoms in total. The van der Waals surface area contributed by atoms with Crippen LogP contribution in [-0.2, 0) is 6.54 Å². The Bertz CT molecular complexity index is 612. The molecule has 18 heavy (non-hydrogen) atoms. The Balaban J connectivity index is 2.33. The van der Waals surface area contributed by atoms with Crippen LogP contribution in [0.4, 0.5) is 0 Å². The van der Waals surface area contributed by atoms with E-state index in [1.165, 1.54) is 11.7 Å². The molecule has 0 atom stereocenters. The van der Waals surface area contributed by atoms with Crippen molar-refractivity contribution in [2.45, 2.75) is 23.8 Å². The third-order valence-electron chi connectivity index (χ3n) is 1.97. The first-order valence-corrected chi connectivity index (χ1v) is 6.12. The highest BCUT2D eigenvalue weighted by molar-refractivity contribution is 7.99. The molecule has 0 aliphatic carbocycles. The van der Waals surface area contributed by atoms with Gasteiger partial charge in [-0.3, -0.25) is 4.57 Å². The van der Waals surface area contributed by atoms with Gasteiger partial charge in [0.25, 0.3) is 0 Å². The Kier molecular flexibility index (Phi) is 3.82. The molecule has 0 radical (unpaired) electrons. The average Bonchev–Trinajstić information content (AvgIpc) is 2.69. The van der Waals surface area contributed by atoms with Crippen LogP contribution in [0.5, 0.6) is 6.01 Å². The van der Waals surface area contributed by atoms with Crippen molar-refractivity contribution < 1.29 is 4.74 Å². The number of rotatable bonds is 4. The summed E-state index contributed by atoms with van der Waals surface area (Å²) in [5.74, 6) is 0. The second kappa shape index (κ2) is 5.36. The van der Waals surface area contributed by atoms with Gasteiger partial charge in [-0.1, -0.05) is 0 Å². The van der Waals surface area contributed by atoms with Crippen LogP contribution in [-0.4, -0.2) is 36.8 Å². The van der Waals surface area contributed by atoms with Crippen LogP contribution in [0, 0.1) is 0 Å². The van der Waals surface area contributed by atoms with Crippen molar-refractivity contribution >= 4 is 23.4 Å². The van der Waals surface area contributed by atoms with Crippen LogP contribution >= 0.6 is 23.4 Å². The lowest BCUT2D eigenvalue weighted by Crippen LogP contribution is -2.16. The lowest BCUT2D eigenvalue weighted by Gasteiger charge is -2.02. The van der Waals surface area contributed by atoms with E-state index < -0.39 is 0 Å². The highest BCUT2D eigenvalue weighted by Crippen LogP contribution is 2.23. The van der Waals surface area contributed by atoms with Crippen LogP contribution in [0.15, 0.2) is 15.1 Å². The summed E-state index contributed by atoms with van der Waals surface area (Å²) in [6, 6.07) is 0.110. The summed E-state index contributed by atoms with van der Waals surface area (Å²) in [7, 11) is 1.43. The third-order valence-corrected chi connectivity index (χ3v) is 3.00.